The van der Waals surface area contributed by atoms with Crippen molar-refractivity contribution in [2.24, 2.45) is 16.8 Å². The number of hydrogen-bond acceptors (Lipinski definition) is 3. The van der Waals surface area contributed by atoms with Gasteiger partial charge in [-0.25, -0.2) is 0 Å². The van der Waals surface area contributed by atoms with E-state index in [1.807, 2.05) is 7.05 Å². The van der Waals surface area contributed by atoms with Gasteiger partial charge in [-0.2, -0.15) is 0 Å². The molecule has 1 saturated heterocycles. The molecule has 0 radical (unpaired) electrons. The summed E-state index contributed by atoms with van der Waals surface area (Å²) in [4.78, 5) is 9.18. The van der Waals surface area contributed by atoms with Crippen molar-refractivity contribution in [2.75, 3.05) is 60.0 Å². The van der Waals surface area contributed by atoms with Crippen LogP contribution in [0.1, 0.15) is 39.0 Å². The number of rotatable bonds is 9. The Kier molecular flexibility index (Phi) is 8.17. The molecular weight excluding hydrogens is 288 g/mol. The smallest absolute Gasteiger partial charge is 0.193 e. The summed E-state index contributed by atoms with van der Waals surface area (Å²) in [7, 11) is 3.97. The van der Waals surface area contributed by atoms with Gasteiger partial charge in [0.1, 0.15) is 0 Å². The lowest BCUT2D eigenvalue weighted by atomic mass is 9.97. The van der Waals surface area contributed by atoms with E-state index in [1.165, 1.54) is 51.7 Å². The van der Waals surface area contributed by atoms with Crippen LogP contribution >= 0.6 is 0 Å². The minimum atomic E-state index is 0.777. The van der Waals surface area contributed by atoms with Crippen molar-refractivity contribution in [3.05, 3.63) is 0 Å². The van der Waals surface area contributed by atoms with Crippen LogP contribution in [0.25, 0.3) is 0 Å². The molecule has 1 heterocycles. The SMILES string of the molecule is CCCN1CCC(CNC(=NC)N(C)CCOCC2CC2)CC1. The summed E-state index contributed by atoms with van der Waals surface area (Å²) in [5, 5.41) is 3.55. The highest BCUT2D eigenvalue weighted by molar-refractivity contribution is 5.79. The Labute approximate surface area is 142 Å². The van der Waals surface area contributed by atoms with Gasteiger partial charge in [-0.3, -0.25) is 4.99 Å². The maximum Gasteiger partial charge on any atom is 0.193 e. The van der Waals surface area contributed by atoms with Crippen LogP contribution in [0.4, 0.5) is 0 Å². The highest BCUT2D eigenvalue weighted by Crippen LogP contribution is 2.28. The van der Waals surface area contributed by atoms with Crippen molar-refractivity contribution in [1.82, 2.24) is 15.1 Å². The predicted molar refractivity (Wildman–Crippen MR) is 97.0 cm³/mol. The van der Waals surface area contributed by atoms with Gasteiger partial charge >= 0.3 is 0 Å². The number of likely N-dealkylation sites (N-methyl/N-ethyl adjacent to an activating group) is 1. The molecule has 1 aliphatic carbocycles. The molecule has 2 fully saturated rings. The third kappa shape index (κ3) is 7.08. The maximum absolute atomic E-state index is 5.72. The van der Waals surface area contributed by atoms with Crippen LogP contribution in [-0.4, -0.2) is 75.8 Å². The summed E-state index contributed by atoms with van der Waals surface area (Å²) < 4.78 is 5.72. The second-order valence-electron chi connectivity index (χ2n) is 7.15. The first-order valence-corrected chi connectivity index (χ1v) is 9.44. The molecular formula is C18H36N4O. The summed E-state index contributed by atoms with van der Waals surface area (Å²) >= 11 is 0. The summed E-state index contributed by atoms with van der Waals surface area (Å²) in [5.74, 6) is 2.62. The average Bonchev–Trinajstić information content (AvgIpc) is 3.38. The molecule has 2 aliphatic rings. The Morgan fingerprint density at radius 1 is 1.22 bits per heavy atom. The zero-order valence-electron chi connectivity index (χ0n) is 15.4. The fraction of sp³-hybridized carbons (Fsp3) is 0.944. The molecule has 0 amide bonds. The molecule has 0 bridgehead atoms. The van der Waals surface area contributed by atoms with Crippen LogP contribution in [0.3, 0.4) is 0 Å². The largest absolute Gasteiger partial charge is 0.379 e. The van der Waals surface area contributed by atoms with E-state index in [2.05, 4.69) is 34.1 Å². The number of nitrogens with zero attached hydrogens (tertiary/aromatic N) is 3. The van der Waals surface area contributed by atoms with Gasteiger partial charge in [0.15, 0.2) is 5.96 Å². The van der Waals surface area contributed by atoms with Gasteiger partial charge in [-0.05, 0) is 63.6 Å². The van der Waals surface area contributed by atoms with E-state index in [9.17, 15) is 0 Å². The number of ether oxygens (including phenoxy) is 1. The van der Waals surface area contributed by atoms with Gasteiger partial charge in [0, 0.05) is 33.8 Å². The molecule has 5 nitrogen and oxygen atoms in total. The lowest BCUT2D eigenvalue weighted by Gasteiger charge is -2.32. The Hall–Kier alpha value is -0.810. The molecule has 0 atom stereocenters. The van der Waals surface area contributed by atoms with Crippen LogP contribution in [0, 0.1) is 11.8 Å². The second-order valence-corrected chi connectivity index (χ2v) is 7.15. The van der Waals surface area contributed by atoms with E-state index < -0.39 is 0 Å². The fourth-order valence-electron chi connectivity index (χ4n) is 3.19. The standard InChI is InChI=1S/C18H36N4O/c1-4-9-22-10-7-16(8-11-22)14-20-18(19-2)21(3)12-13-23-15-17-5-6-17/h16-17H,4-15H2,1-3H3,(H,19,20). The van der Waals surface area contributed by atoms with Crippen LogP contribution in [0.2, 0.25) is 0 Å². The van der Waals surface area contributed by atoms with Gasteiger partial charge in [-0.15, -0.1) is 0 Å². The summed E-state index contributed by atoms with van der Waals surface area (Å²) in [6.45, 7) is 9.71. The first kappa shape index (κ1) is 18.5. The van der Waals surface area contributed by atoms with Crippen molar-refractivity contribution in [2.45, 2.75) is 39.0 Å². The summed E-state index contributed by atoms with van der Waals surface area (Å²) in [5.41, 5.74) is 0. The minimum absolute atomic E-state index is 0.777. The molecule has 0 spiro atoms. The van der Waals surface area contributed by atoms with Gasteiger partial charge in [0.25, 0.3) is 0 Å². The van der Waals surface area contributed by atoms with Crippen molar-refractivity contribution < 1.29 is 4.74 Å². The molecule has 5 heteroatoms. The molecule has 0 aromatic rings. The van der Waals surface area contributed by atoms with Gasteiger partial charge in [0.2, 0.25) is 0 Å². The predicted octanol–water partition coefficient (Wildman–Crippen LogP) is 2.04. The lowest BCUT2D eigenvalue weighted by molar-refractivity contribution is 0.115. The molecule has 1 N–H and O–H groups in total. The maximum atomic E-state index is 5.72. The second kappa shape index (κ2) is 10.1. The van der Waals surface area contributed by atoms with Gasteiger partial charge in [0.05, 0.1) is 6.61 Å². The zero-order chi connectivity index (χ0) is 16.5. The van der Waals surface area contributed by atoms with Crippen LogP contribution in [0.5, 0.6) is 0 Å². The van der Waals surface area contributed by atoms with Crippen molar-refractivity contribution in [3.63, 3.8) is 0 Å². The molecule has 1 aliphatic heterocycles. The minimum Gasteiger partial charge on any atom is -0.379 e. The van der Waals surface area contributed by atoms with Crippen molar-refractivity contribution in [3.8, 4) is 0 Å². The van der Waals surface area contributed by atoms with Crippen LogP contribution in [0.15, 0.2) is 4.99 Å². The Bertz CT molecular complexity index is 349. The number of nitrogens with one attached hydrogen (secondary N) is 1. The van der Waals surface area contributed by atoms with Crippen LogP contribution < -0.4 is 5.32 Å². The Morgan fingerprint density at radius 2 is 1.96 bits per heavy atom. The lowest BCUT2D eigenvalue weighted by Crippen LogP contribution is -2.44. The average molecular weight is 325 g/mol. The number of likely N-dealkylation sites (tertiary alicyclic amines) is 1. The molecule has 0 aromatic carbocycles. The monoisotopic (exact) mass is 324 g/mol. The number of piperidine rings is 1. The molecule has 1 saturated carbocycles. The van der Waals surface area contributed by atoms with Crippen LogP contribution in [-0.2, 0) is 4.74 Å². The fourth-order valence-corrected chi connectivity index (χ4v) is 3.19. The first-order chi connectivity index (χ1) is 11.2. The first-order valence-electron chi connectivity index (χ1n) is 9.44. The highest BCUT2D eigenvalue weighted by atomic mass is 16.5. The number of hydrogen-bond donors (Lipinski definition) is 1. The number of aliphatic imine (C=N–C) groups is 1. The number of guanidine groups is 1. The molecule has 23 heavy (non-hydrogen) atoms. The van der Waals surface area contributed by atoms with Gasteiger partial charge < -0.3 is 19.9 Å². The quantitative estimate of drug-likeness (QED) is 0.400. The van der Waals surface area contributed by atoms with E-state index in [0.717, 1.165) is 44.1 Å². The highest BCUT2D eigenvalue weighted by Gasteiger charge is 2.21. The van der Waals surface area contributed by atoms with E-state index in [1.54, 1.807) is 0 Å². The van der Waals surface area contributed by atoms with E-state index in [0.29, 0.717) is 0 Å². The molecule has 0 unspecified atom stereocenters. The molecule has 2 rings (SSSR count). The zero-order valence-corrected chi connectivity index (χ0v) is 15.4. The van der Waals surface area contributed by atoms with Crippen molar-refractivity contribution in [1.29, 1.82) is 0 Å². The normalized spacial score (nSPS) is 20.7. The van der Waals surface area contributed by atoms with Crippen molar-refractivity contribution >= 4 is 5.96 Å². The third-order valence-corrected chi connectivity index (χ3v) is 4.99. The van der Waals surface area contributed by atoms with Gasteiger partial charge in [-0.1, -0.05) is 6.92 Å². The Balaban J connectivity index is 1.58. The van der Waals surface area contributed by atoms with E-state index >= 15 is 0 Å². The van der Waals surface area contributed by atoms with E-state index in [-0.39, 0.29) is 0 Å². The summed E-state index contributed by atoms with van der Waals surface area (Å²) in [6.07, 6.45) is 6.59. The van der Waals surface area contributed by atoms with E-state index in [4.69, 9.17) is 4.74 Å². The summed E-state index contributed by atoms with van der Waals surface area (Å²) in [6, 6.07) is 0. The Morgan fingerprint density at radius 3 is 2.57 bits per heavy atom. The molecule has 134 valence electrons. The third-order valence-electron chi connectivity index (χ3n) is 4.99. The topological polar surface area (TPSA) is 40.1 Å². The molecule has 0 aromatic heterocycles.